The summed E-state index contributed by atoms with van der Waals surface area (Å²) in [4.78, 5) is 23.2. The van der Waals surface area contributed by atoms with E-state index in [1.165, 1.54) is 24.3 Å². The van der Waals surface area contributed by atoms with Crippen LogP contribution in [-0.4, -0.2) is 25.3 Å². The normalized spacial score (nSPS) is 11.3. The van der Waals surface area contributed by atoms with E-state index >= 15 is 0 Å². The zero-order valence-corrected chi connectivity index (χ0v) is 15.0. The second-order valence-electron chi connectivity index (χ2n) is 6.07. The molecule has 0 fully saturated rings. The fraction of sp³-hybridized carbons (Fsp3) is 0.200. The summed E-state index contributed by atoms with van der Waals surface area (Å²) in [6.45, 7) is -1.44. The Morgan fingerprint density at radius 3 is 2.38 bits per heavy atom. The van der Waals surface area contributed by atoms with Crippen molar-refractivity contribution in [2.45, 2.75) is 12.7 Å². The molecule has 29 heavy (non-hydrogen) atoms. The van der Waals surface area contributed by atoms with Gasteiger partial charge in [-0.25, -0.2) is 4.79 Å². The zero-order valence-electron chi connectivity index (χ0n) is 15.0. The number of fused-ring (bicyclic) bond motifs is 1. The summed E-state index contributed by atoms with van der Waals surface area (Å²) in [6.07, 6.45) is -4.40. The van der Waals surface area contributed by atoms with E-state index in [-0.39, 0.29) is 18.9 Å². The smallest absolute Gasteiger partial charge is 0.422 e. The second kappa shape index (κ2) is 8.68. The van der Waals surface area contributed by atoms with Gasteiger partial charge in [-0.3, -0.25) is 4.79 Å². The molecule has 0 radical (unpaired) electrons. The molecule has 9 heteroatoms. The van der Waals surface area contributed by atoms with Crippen LogP contribution in [0.1, 0.15) is 5.56 Å². The van der Waals surface area contributed by atoms with Gasteiger partial charge in [0.1, 0.15) is 17.1 Å². The molecule has 1 N–H and O–H groups in total. The minimum atomic E-state index is -4.40. The number of halogens is 3. The second-order valence-corrected chi connectivity index (χ2v) is 6.07. The number of carbonyl (C=O) groups excluding carboxylic acids is 1. The lowest BCUT2D eigenvalue weighted by Gasteiger charge is -2.10. The van der Waals surface area contributed by atoms with Crippen LogP contribution in [0.5, 0.6) is 11.5 Å². The maximum atomic E-state index is 12.1. The molecule has 0 bridgehead atoms. The Morgan fingerprint density at radius 1 is 0.966 bits per heavy atom. The Hall–Kier alpha value is -3.49. The number of hydrogen-bond acceptors (Lipinski definition) is 5. The van der Waals surface area contributed by atoms with Crippen LogP contribution in [-0.2, 0) is 11.3 Å². The monoisotopic (exact) mass is 407 g/mol. The molecule has 0 aliphatic rings. The van der Waals surface area contributed by atoms with E-state index in [4.69, 9.17) is 9.15 Å². The van der Waals surface area contributed by atoms with E-state index in [1.54, 1.807) is 30.3 Å². The van der Waals surface area contributed by atoms with Crippen molar-refractivity contribution < 1.29 is 31.9 Å². The highest BCUT2D eigenvalue weighted by Gasteiger charge is 2.28. The average Bonchev–Trinajstić information content (AvgIpc) is 2.69. The molecule has 152 valence electrons. The number of benzene rings is 2. The lowest BCUT2D eigenvalue weighted by Crippen LogP contribution is -2.28. The Labute approximate surface area is 162 Å². The van der Waals surface area contributed by atoms with E-state index in [0.717, 1.165) is 5.39 Å². The first-order chi connectivity index (χ1) is 13.8. The summed E-state index contributed by atoms with van der Waals surface area (Å²) in [5, 5.41) is 3.36. The highest BCUT2D eigenvalue weighted by Crippen LogP contribution is 2.20. The van der Waals surface area contributed by atoms with Crippen molar-refractivity contribution in [3.05, 3.63) is 70.6 Å². The average molecular weight is 407 g/mol. The van der Waals surface area contributed by atoms with Gasteiger partial charge in [-0.1, -0.05) is 12.1 Å². The molecule has 0 aliphatic heterocycles. The summed E-state index contributed by atoms with van der Waals surface area (Å²) in [5.74, 6) is 0.0638. The summed E-state index contributed by atoms with van der Waals surface area (Å²) < 4.78 is 51.4. The van der Waals surface area contributed by atoms with Gasteiger partial charge in [0.05, 0.1) is 0 Å². The topological polar surface area (TPSA) is 77.8 Å². The first-order valence-corrected chi connectivity index (χ1v) is 8.50. The van der Waals surface area contributed by atoms with Crippen molar-refractivity contribution in [3.8, 4) is 11.5 Å². The summed E-state index contributed by atoms with van der Waals surface area (Å²) in [5.41, 5.74) is 0.552. The van der Waals surface area contributed by atoms with Crippen LogP contribution < -0.4 is 20.4 Å². The van der Waals surface area contributed by atoms with Gasteiger partial charge in [-0.05, 0) is 35.9 Å². The van der Waals surface area contributed by atoms with Gasteiger partial charge >= 0.3 is 11.8 Å². The predicted molar refractivity (Wildman–Crippen MR) is 97.8 cm³/mol. The molecule has 3 aromatic rings. The highest BCUT2D eigenvalue weighted by molar-refractivity contribution is 5.79. The SMILES string of the molecule is O=C(COc1ccc2ccc(=O)oc2c1)NCc1ccc(OCC(F)(F)F)cc1. The number of ether oxygens (including phenoxy) is 2. The molecule has 1 aromatic heterocycles. The van der Waals surface area contributed by atoms with Crippen LogP contribution >= 0.6 is 0 Å². The van der Waals surface area contributed by atoms with Gasteiger partial charge in [-0.15, -0.1) is 0 Å². The first-order valence-electron chi connectivity index (χ1n) is 8.50. The maximum Gasteiger partial charge on any atom is 0.422 e. The Balaban J connectivity index is 1.47. The van der Waals surface area contributed by atoms with Crippen LogP contribution in [0.4, 0.5) is 13.2 Å². The van der Waals surface area contributed by atoms with Gasteiger partial charge in [0, 0.05) is 24.1 Å². The van der Waals surface area contributed by atoms with Crippen molar-refractivity contribution >= 4 is 16.9 Å². The quantitative estimate of drug-likeness (QED) is 0.608. The molecule has 0 atom stereocenters. The van der Waals surface area contributed by atoms with E-state index in [0.29, 0.717) is 16.9 Å². The maximum absolute atomic E-state index is 12.1. The van der Waals surface area contributed by atoms with Gasteiger partial charge < -0.3 is 19.2 Å². The van der Waals surface area contributed by atoms with E-state index in [1.807, 2.05) is 0 Å². The molecule has 2 aromatic carbocycles. The largest absolute Gasteiger partial charge is 0.484 e. The number of nitrogens with one attached hydrogen (secondary N) is 1. The Kier molecular flexibility index (Phi) is 6.06. The minimum absolute atomic E-state index is 0.0867. The fourth-order valence-electron chi connectivity index (χ4n) is 2.40. The molecule has 3 rings (SSSR count). The molecule has 1 amide bonds. The lowest BCUT2D eigenvalue weighted by atomic mass is 10.2. The zero-order chi connectivity index (χ0) is 20.9. The third kappa shape index (κ3) is 6.27. The Morgan fingerprint density at radius 2 is 1.66 bits per heavy atom. The van der Waals surface area contributed by atoms with Gasteiger partial charge in [-0.2, -0.15) is 13.2 Å². The van der Waals surface area contributed by atoms with Crippen molar-refractivity contribution in [2.75, 3.05) is 13.2 Å². The van der Waals surface area contributed by atoms with Gasteiger partial charge in [0.25, 0.3) is 5.91 Å². The van der Waals surface area contributed by atoms with E-state index in [9.17, 15) is 22.8 Å². The molecular formula is C20H16F3NO5. The third-order valence-corrected chi connectivity index (χ3v) is 3.78. The van der Waals surface area contributed by atoms with Crippen molar-refractivity contribution in [1.29, 1.82) is 0 Å². The van der Waals surface area contributed by atoms with Crippen LogP contribution in [0, 0.1) is 0 Å². The Bertz CT molecular complexity index is 1040. The van der Waals surface area contributed by atoms with Crippen molar-refractivity contribution in [2.24, 2.45) is 0 Å². The third-order valence-electron chi connectivity index (χ3n) is 3.78. The van der Waals surface area contributed by atoms with Crippen LogP contribution in [0.15, 0.2) is 63.8 Å². The lowest BCUT2D eigenvalue weighted by molar-refractivity contribution is -0.153. The molecule has 0 unspecified atom stereocenters. The summed E-state index contributed by atoms with van der Waals surface area (Å²) in [6, 6.07) is 13.7. The van der Waals surface area contributed by atoms with Crippen molar-refractivity contribution in [3.63, 3.8) is 0 Å². The van der Waals surface area contributed by atoms with Gasteiger partial charge in [0.15, 0.2) is 13.2 Å². The predicted octanol–water partition coefficient (Wildman–Crippen LogP) is 3.43. The number of rotatable bonds is 7. The van der Waals surface area contributed by atoms with E-state index < -0.39 is 24.3 Å². The molecule has 0 spiro atoms. The molecule has 0 saturated carbocycles. The highest BCUT2D eigenvalue weighted by atomic mass is 19.4. The summed E-state index contributed by atoms with van der Waals surface area (Å²) in [7, 11) is 0. The minimum Gasteiger partial charge on any atom is -0.484 e. The van der Waals surface area contributed by atoms with Crippen LogP contribution in [0.25, 0.3) is 11.0 Å². The van der Waals surface area contributed by atoms with Crippen LogP contribution in [0.2, 0.25) is 0 Å². The molecule has 0 aliphatic carbocycles. The standard InChI is InChI=1S/C20H16F3NO5/c21-20(22,23)12-28-15-5-1-13(2-6-15)10-24-18(25)11-27-16-7-3-14-4-8-19(26)29-17(14)9-16/h1-9H,10-12H2,(H,24,25). The molecule has 1 heterocycles. The van der Waals surface area contributed by atoms with Crippen LogP contribution in [0.3, 0.4) is 0 Å². The fourth-order valence-corrected chi connectivity index (χ4v) is 2.40. The van der Waals surface area contributed by atoms with E-state index in [2.05, 4.69) is 10.1 Å². The first kappa shape index (κ1) is 20.2. The number of carbonyl (C=O) groups is 1. The van der Waals surface area contributed by atoms with Gasteiger partial charge in [0.2, 0.25) is 0 Å². The number of amides is 1. The number of hydrogen-bond donors (Lipinski definition) is 1. The molecule has 0 saturated heterocycles. The molecular weight excluding hydrogens is 391 g/mol. The summed E-state index contributed by atoms with van der Waals surface area (Å²) >= 11 is 0. The van der Waals surface area contributed by atoms with Crippen molar-refractivity contribution in [1.82, 2.24) is 5.32 Å². The molecule has 6 nitrogen and oxygen atoms in total. The number of alkyl halides is 3.